The van der Waals surface area contributed by atoms with Crippen molar-refractivity contribution in [2.75, 3.05) is 0 Å². The second-order valence-corrected chi connectivity index (χ2v) is 11.2. The van der Waals surface area contributed by atoms with Gasteiger partial charge in [0.2, 0.25) is 0 Å². The first-order chi connectivity index (χ1) is 12.3. The Bertz CT molecular complexity index is 518. The third-order valence-electron chi connectivity index (χ3n) is 10.2. The van der Waals surface area contributed by atoms with Crippen molar-refractivity contribution < 1.29 is 10.2 Å². The molecule has 2 N–H and O–H groups in total. The lowest BCUT2D eigenvalue weighted by molar-refractivity contribution is -0.174. The summed E-state index contributed by atoms with van der Waals surface area (Å²) in [6.07, 6.45) is 11.8. The van der Waals surface area contributed by atoms with Crippen LogP contribution in [0.2, 0.25) is 0 Å². The lowest BCUT2D eigenvalue weighted by Gasteiger charge is -2.62. The van der Waals surface area contributed by atoms with E-state index in [9.17, 15) is 10.2 Å². The zero-order valence-corrected chi connectivity index (χ0v) is 17.6. The molecule has 0 radical (unpaired) electrons. The van der Waals surface area contributed by atoms with Gasteiger partial charge in [-0.1, -0.05) is 40.5 Å². The molecule has 26 heavy (non-hydrogen) atoms. The van der Waals surface area contributed by atoms with Crippen LogP contribution in [0.25, 0.3) is 0 Å². The van der Waals surface area contributed by atoms with Gasteiger partial charge in [-0.2, -0.15) is 0 Å². The molecule has 0 aromatic rings. The molecule has 2 nitrogen and oxygen atoms in total. The van der Waals surface area contributed by atoms with E-state index >= 15 is 0 Å². The molecule has 0 spiro atoms. The van der Waals surface area contributed by atoms with Gasteiger partial charge >= 0.3 is 0 Å². The second kappa shape index (κ2) is 6.76. The smallest absolute Gasteiger partial charge is 0.0577 e. The number of aliphatic hydroxyl groups excluding tert-OH is 2. The molecule has 4 aliphatic rings. The largest absolute Gasteiger partial charge is 0.393 e. The van der Waals surface area contributed by atoms with Gasteiger partial charge < -0.3 is 10.2 Å². The fourth-order valence-electron chi connectivity index (χ4n) is 8.83. The molecule has 0 bridgehead atoms. The molecule has 4 saturated carbocycles. The summed E-state index contributed by atoms with van der Waals surface area (Å²) in [4.78, 5) is 0. The minimum atomic E-state index is -0.131. The first-order valence-corrected chi connectivity index (χ1v) is 11.7. The van der Waals surface area contributed by atoms with Crippen LogP contribution in [0.1, 0.15) is 91.9 Å². The normalized spacial score (nSPS) is 54.9. The summed E-state index contributed by atoms with van der Waals surface area (Å²) in [5, 5.41) is 21.5. The van der Waals surface area contributed by atoms with Crippen LogP contribution in [-0.4, -0.2) is 22.4 Å². The molecule has 10 atom stereocenters. The van der Waals surface area contributed by atoms with E-state index in [0.717, 1.165) is 37.0 Å². The molecule has 4 fully saturated rings. The average Bonchev–Trinajstić information content (AvgIpc) is 2.94. The standard InChI is InChI=1S/C24H42O2/c1-5-6-15(2)18-7-8-19-22-20(10-12-24(18,19)4)23(3)11-9-17(25)13-16(23)14-21(22)26/h15-22,25-26H,5-14H2,1-4H3/t15-,16?,17?,18-,19?,20?,21?,22?,23+,24-/m1/s1. The van der Waals surface area contributed by atoms with Crippen molar-refractivity contribution in [3.05, 3.63) is 0 Å². The van der Waals surface area contributed by atoms with Crippen LogP contribution in [0.5, 0.6) is 0 Å². The van der Waals surface area contributed by atoms with E-state index in [2.05, 4.69) is 27.7 Å². The van der Waals surface area contributed by atoms with E-state index in [0.29, 0.717) is 28.6 Å². The molecule has 6 unspecified atom stereocenters. The third kappa shape index (κ3) is 2.72. The Morgan fingerprint density at radius 1 is 0.923 bits per heavy atom. The molecule has 0 aliphatic heterocycles. The summed E-state index contributed by atoms with van der Waals surface area (Å²) in [7, 11) is 0. The Kier molecular flexibility index (Phi) is 5.01. The highest BCUT2D eigenvalue weighted by atomic mass is 16.3. The average molecular weight is 363 g/mol. The fraction of sp³-hybridized carbons (Fsp3) is 1.00. The SMILES string of the molecule is CCC[C@@H](C)[C@H]1CCC2C3C(O)CC4CC(O)CC[C@]4(C)C3CC[C@@]21C. The Labute approximate surface area is 161 Å². The van der Waals surface area contributed by atoms with Gasteiger partial charge in [-0.15, -0.1) is 0 Å². The summed E-state index contributed by atoms with van der Waals surface area (Å²) in [6.45, 7) is 9.92. The molecule has 0 aromatic carbocycles. The van der Waals surface area contributed by atoms with Gasteiger partial charge in [0.05, 0.1) is 12.2 Å². The van der Waals surface area contributed by atoms with Crippen LogP contribution in [0.15, 0.2) is 0 Å². The number of rotatable bonds is 3. The van der Waals surface area contributed by atoms with E-state index in [-0.39, 0.29) is 12.2 Å². The van der Waals surface area contributed by atoms with Crippen molar-refractivity contribution >= 4 is 0 Å². The van der Waals surface area contributed by atoms with E-state index < -0.39 is 0 Å². The topological polar surface area (TPSA) is 40.5 Å². The van der Waals surface area contributed by atoms with Gasteiger partial charge in [-0.05, 0) is 97.7 Å². The van der Waals surface area contributed by atoms with E-state index in [1.54, 1.807) is 0 Å². The first-order valence-electron chi connectivity index (χ1n) is 11.7. The minimum absolute atomic E-state index is 0.128. The van der Waals surface area contributed by atoms with E-state index in [1.165, 1.54) is 44.9 Å². The number of aliphatic hydroxyl groups is 2. The van der Waals surface area contributed by atoms with E-state index in [4.69, 9.17) is 0 Å². The summed E-state index contributed by atoms with van der Waals surface area (Å²) >= 11 is 0. The quantitative estimate of drug-likeness (QED) is 0.704. The molecule has 0 saturated heterocycles. The summed E-state index contributed by atoms with van der Waals surface area (Å²) in [5.74, 6) is 4.15. The predicted molar refractivity (Wildman–Crippen MR) is 107 cm³/mol. The van der Waals surface area contributed by atoms with Crippen LogP contribution in [0, 0.1) is 46.3 Å². The number of hydrogen-bond acceptors (Lipinski definition) is 2. The van der Waals surface area contributed by atoms with Crippen LogP contribution >= 0.6 is 0 Å². The van der Waals surface area contributed by atoms with E-state index in [1.807, 2.05) is 0 Å². The maximum atomic E-state index is 11.3. The van der Waals surface area contributed by atoms with Crippen LogP contribution < -0.4 is 0 Å². The van der Waals surface area contributed by atoms with Gasteiger partial charge in [0.1, 0.15) is 0 Å². The molecule has 4 aliphatic carbocycles. The van der Waals surface area contributed by atoms with Gasteiger partial charge in [-0.25, -0.2) is 0 Å². The molecule has 0 heterocycles. The Balaban J connectivity index is 1.61. The molecular formula is C24H42O2. The Morgan fingerprint density at radius 2 is 1.62 bits per heavy atom. The summed E-state index contributed by atoms with van der Waals surface area (Å²) < 4.78 is 0. The Morgan fingerprint density at radius 3 is 2.35 bits per heavy atom. The van der Waals surface area contributed by atoms with Crippen molar-refractivity contribution in [1.29, 1.82) is 0 Å². The van der Waals surface area contributed by atoms with Crippen molar-refractivity contribution in [3.63, 3.8) is 0 Å². The summed E-state index contributed by atoms with van der Waals surface area (Å²) in [6, 6.07) is 0. The third-order valence-corrected chi connectivity index (χ3v) is 10.2. The predicted octanol–water partition coefficient (Wildman–Crippen LogP) is 5.41. The van der Waals surface area contributed by atoms with Crippen LogP contribution in [0.4, 0.5) is 0 Å². The molecular weight excluding hydrogens is 320 g/mol. The number of hydrogen-bond donors (Lipinski definition) is 2. The summed E-state index contributed by atoms with van der Waals surface area (Å²) in [5.41, 5.74) is 0.811. The molecule has 2 heteroatoms. The fourth-order valence-corrected chi connectivity index (χ4v) is 8.83. The maximum Gasteiger partial charge on any atom is 0.0577 e. The van der Waals surface area contributed by atoms with Crippen LogP contribution in [-0.2, 0) is 0 Å². The molecule has 4 rings (SSSR count). The van der Waals surface area contributed by atoms with Crippen molar-refractivity contribution in [2.24, 2.45) is 46.3 Å². The van der Waals surface area contributed by atoms with Gasteiger partial charge in [0, 0.05) is 0 Å². The minimum Gasteiger partial charge on any atom is -0.393 e. The van der Waals surface area contributed by atoms with Crippen molar-refractivity contribution in [1.82, 2.24) is 0 Å². The highest BCUT2D eigenvalue weighted by Gasteiger charge is 2.62. The Hall–Kier alpha value is -0.0800. The highest BCUT2D eigenvalue weighted by Crippen LogP contribution is 2.68. The zero-order chi connectivity index (χ0) is 18.7. The molecule has 150 valence electrons. The molecule has 0 amide bonds. The molecule has 0 aromatic heterocycles. The second-order valence-electron chi connectivity index (χ2n) is 11.2. The van der Waals surface area contributed by atoms with Crippen molar-refractivity contribution in [3.8, 4) is 0 Å². The lowest BCUT2D eigenvalue weighted by atomic mass is 9.43. The van der Waals surface area contributed by atoms with Gasteiger partial charge in [0.25, 0.3) is 0 Å². The van der Waals surface area contributed by atoms with Crippen LogP contribution in [0.3, 0.4) is 0 Å². The first kappa shape index (κ1) is 19.2. The van der Waals surface area contributed by atoms with Gasteiger partial charge in [0.15, 0.2) is 0 Å². The maximum absolute atomic E-state index is 11.3. The highest BCUT2D eigenvalue weighted by molar-refractivity contribution is 5.11. The lowest BCUT2D eigenvalue weighted by Crippen LogP contribution is -2.58. The monoisotopic (exact) mass is 362 g/mol. The van der Waals surface area contributed by atoms with Gasteiger partial charge in [-0.3, -0.25) is 0 Å². The van der Waals surface area contributed by atoms with Crippen molar-refractivity contribution in [2.45, 2.75) is 104 Å². The number of fused-ring (bicyclic) bond motifs is 5. The zero-order valence-electron chi connectivity index (χ0n) is 17.6.